The molecular weight excluding hydrogens is 536 g/mol. The van der Waals surface area contributed by atoms with Crippen molar-refractivity contribution in [1.82, 2.24) is 0 Å². The van der Waals surface area contributed by atoms with Gasteiger partial charge in [-0.2, -0.15) is 0 Å². The van der Waals surface area contributed by atoms with Crippen molar-refractivity contribution in [2.45, 2.75) is 46.0 Å². The van der Waals surface area contributed by atoms with Gasteiger partial charge in [0.25, 0.3) is 0 Å². The number of hydrogen-bond acceptors (Lipinski definition) is 8. The number of carboxylic acids is 4. The van der Waals surface area contributed by atoms with Crippen LogP contribution in [0, 0.1) is 0 Å². The third-order valence-electron chi connectivity index (χ3n) is 6.06. The van der Waals surface area contributed by atoms with Gasteiger partial charge in [0, 0.05) is 0 Å². The Balaban J connectivity index is 2.36. The monoisotopic (exact) mass is 574 g/mol. The van der Waals surface area contributed by atoms with Crippen molar-refractivity contribution >= 4 is 35.3 Å². The fourth-order valence-corrected chi connectivity index (χ4v) is 4.03. The lowest BCUT2D eigenvalue weighted by molar-refractivity contribution is -0.138. The van der Waals surface area contributed by atoms with Crippen LogP contribution in [0.15, 0.2) is 36.4 Å². The standard InChI is InChI=1S/C29H38N2O10/c1-18(2)19-6-8-21(30(14-25(32)33)15-26(34)35)23(12-19)40-10-11-41-24-13-20(29(3,4)5)7-9-22(24)31(16-27(36)37)17-28(38)39/h6-9,12-13,18H,10-11,14-17H2,1-5H3,(H,32,33)(H,34,35)(H,36,37)(H,38,39). The Hall–Kier alpha value is -4.48. The summed E-state index contributed by atoms with van der Waals surface area (Å²) in [6.07, 6.45) is 0. The molecule has 0 heterocycles. The van der Waals surface area contributed by atoms with Gasteiger partial charge >= 0.3 is 23.9 Å². The van der Waals surface area contributed by atoms with Gasteiger partial charge in [-0.25, -0.2) is 0 Å². The van der Waals surface area contributed by atoms with E-state index >= 15 is 0 Å². The summed E-state index contributed by atoms with van der Waals surface area (Å²) in [4.78, 5) is 48.1. The minimum Gasteiger partial charge on any atom is -0.488 e. The molecule has 0 bridgehead atoms. The minimum atomic E-state index is -1.20. The molecule has 0 amide bonds. The predicted octanol–water partition coefficient (Wildman–Crippen LogP) is 3.52. The lowest BCUT2D eigenvalue weighted by atomic mass is 9.87. The number of carboxylic acid groups (broad SMARTS) is 4. The van der Waals surface area contributed by atoms with Gasteiger partial charge in [-0.3, -0.25) is 19.2 Å². The molecule has 12 nitrogen and oxygen atoms in total. The molecule has 0 atom stereocenters. The number of ether oxygens (including phenoxy) is 2. The van der Waals surface area contributed by atoms with Gasteiger partial charge in [0.1, 0.15) is 50.9 Å². The summed E-state index contributed by atoms with van der Waals surface area (Å²) in [5.74, 6) is -4.14. The third kappa shape index (κ3) is 10.2. The van der Waals surface area contributed by atoms with E-state index in [2.05, 4.69) is 0 Å². The maximum Gasteiger partial charge on any atom is 0.323 e. The Kier molecular flexibility index (Phi) is 11.4. The molecule has 0 aliphatic heterocycles. The zero-order valence-electron chi connectivity index (χ0n) is 23.9. The highest BCUT2D eigenvalue weighted by molar-refractivity contribution is 5.82. The van der Waals surface area contributed by atoms with Crippen LogP contribution < -0.4 is 19.3 Å². The van der Waals surface area contributed by atoms with Crippen molar-refractivity contribution < 1.29 is 49.1 Å². The Morgan fingerprint density at radius 1 is 0.683 bits per heavy atom. The van der Waals surface area contributed by atoms with E-state index in [0.717, 1.165) is 11.1 Å². The van der Waals surface area contributed by atoms with Crippen molar-refractivity contribution in [1.29, 1.82) is 0 Å². The lowest BCUT2D eigenvalue weighted by Crippen LogP contribution is -2.35. The fourth-order valence-electron chi connectivity index (χ4n) is 4.03. The first-order chi connectivity index (χ1) is 19.1. The van der Waals surface area contributed by atoms with Crippen molar-refractivity contribution in [2.24, 2.45) is 0 Å². The van der Waals surface area contributed by atoms with E-state index in [0.29, 0.717) is 11.4 Å². The first-order valence-corrected chi connectivity index (χ1v) is 13.0. The smallest absolute Gasteiger partial charge is 0.323 e. The SMILES string of the molecule is CC(C)c1ccc(N(CC(=O)O)CC(=O)O)c(OCCOc2cc(C(C)(C)C)ccc2N(CC(=O)O)CC(=O)O)c1. The molecule has 2 aromatic carbocycles. The number of rotatable bonds is 16. The summed E-state index contributed by atoms with van der Waals surface area (Å²) < 4.78 is 12.0. The molecule has 4 N–H and O–H groups in total. The number of hydrogen-bond donors (Lipinski definition) is 4. The molecule has 2 rings (SSSR count). The van der Waals surface area contributed by atoms with Crippen LogP contribution in [0.4, 0.5) is 11.4 Å². The van der Waals surface area contributed by atoms with E-state index in [1.54, 1.807) is 36.4 Å². The van der Waals surface area contributed by atoms with Crippen LogP contribution in [0.5, 0.6) is 11.5 Å². The molecule has 0 aromatic heterocycles. The van der Waals surface area contributed by atoms with Crippen LogP contribution in [0.1, 0.15) is 51.7 Å². The summed E-state index contributed by atoms with van der Waals surface area (Å²) in [6.45, 7) is 7.65. The molecule has 0 aliphatic rings. The molecule has 0 aliphatic carbocycles. The van der Waals surface area contributed by atoms with Gasteiger partial charge in [-0.1, -0.05) is 46.8 Å². The van der Waals surface area contributed by atoms with Crippen LogP contribution >= 0.6 is 0 Å². The maximum absolute atomic E-state index is 11.4. The van der Waals surface area contributed by atoms with E-state index in [9.17, 15) is 39.6 Å². The fraction of sp³-hybridized carbons (Fsp3) is 0.448. The van der Waals surface area contributed by atoms with Gasteiger partial charge in [-0.05, 0) is 46.7 Å². The van der Waals surface area contributed by atoms with Crippen LogP contribution in [0.3, 0.4) is 0 Å². The first kappa shape index (κ1) is 32.7. The lowest BCUT2D eigenvalue weighted by Gasteiger charge is -2.27. The van der Waals surface area contributed by atoms with Crippen LogP contribution in [-0.4, -0.2) is 83.7 Å². The summed E-state index contributed by atoms with van der Waals surface area (Å²) in [6, 6.07) is 10.3. The van der Waals surface area contributed by atoms with E-state index in [1.807, 2.05) is 34.6 Å². The molecular formula is C29H38N2O10. The number of carbonyl (C=O) groups is 4. The zero-order chi connectivity index (χ0) is 30.9. The summed E-state index contributed by atoms with van der Waals surface area (Å²) in [5.41, 5.74) is 2.09. The molecule has 0 saturated heterocycles. The number of benzene rings is 2. The van der Waals surface area contributed by atoms with E-state index < -0.39 is 50.1 Å². The van der Waals surface area contributed by atoms with E-state index in [-0.39, 0.29) is 36.0 Å². The van der Waals surface area contributed by atoms with Crippen LogP contribution in [0.2, 0.25) is 0 Å². The highest BCUT2D eigenvalue weighted by Gasteiger charge is 2.23. The number of anilines is 2. The predicted molar refractivity (Wildman–Crippen MR) is 152 cm³/mol. The molecule has 0 radical (unpaired) electrons. The number of aliphatic carboxylic acids is 4. The Labute approximate surface area is 238 Å². The van der Waals surface area contributed by atoms with Gasteiger partial charge in [-0.15, -0.1) is 0 Å². The maximum atomic E-state index is 11.4. The second-order valence-corrected chi connectivity index (χ2v) is 10.8. The van der Waals surface area contributed by atoms with Crippen molar-refractivity contribution in [3.63, 3.8) is 0 Å². The van der Waals surface area contributed by atoms with Crippen molar-refractivity contribution in [3.05, 3.63) is 47.5 Å². The largest absolute Gasteiger partial charge is 0.488 e. The van der Waals surface area contributed by atoms with Gasteiger partial charge in [0.2, 0.25) is 0 Å². The molecule has 0 fully saturated rings. The molecule has 0 saturated carbocycles. The molecule has 0 spiro atoms. The van der Waals surface area contributed by atoms with E-state index in [1.165, 1.54) is 9.80 Å². The van der Waals surface area contributed by atoms with Crippen LogP contribution in [-0.2, 0) is 24.6 Å². The molecule has 2 aromatic rings. The summed E-state index contributed by atoms with van der Waals surface area (Å²) >= 11 is 0. The minimum absolute atomic E-state index is 0.0282. The molecule has 41 heavy (non-hydrogen) atoms. The third-order valence-corrected chi connectivity index (χ3v) is 6.06. The van der Waals surface area contributed by atoms with Gasteiger partial charge < -0.3 is 39.7 Å². The quantitative estimate of drug-likeness (QED) is 0.215. The molecule has 0 unspecified atom stereocenters. The molecule has 224 valence electrons. The zero-order valence-corrected chi connectivity index (χ0v) is 23.9. The highest BCUT2D eigenvalue weighted by atomic mass is 16.5. The Bertz CT molecular complexity index is 1220. The van der Waals surface area contributed by atoms with Crippen LogP contribution in [0.25, 0.3) is 0 Å². The topological polar surface area (TPSA) is 174 Å². The average Bonchev–Trinajstić information content (AvgIpc) is 2.84. The van der Waals surface area contributed by atoms with Gasteiger partial charge in [0.15, 0.2) is 0 Å². The summed E-state index contributed by atoms with van der Waals surface area (Å²) in [7, 11) is 0. The highest BCUT2D eigenvalue weighted by Crippen LogP contribution is 2.35. The van der Waals surface area contributed by atoms with E-state index in [4.69, 9.17) is 9.47 Å². The van der Waals surface area contributed by atoms with Crippen molar-refractivity contribution in [2.75, 3.05) is 49.2 Å². The first-order valence-electron chi connectivity index (χ1n) is 13.0. The average molecular weight is 575 g/mol. The van der Waals surface area contributed by atoms with Gasteiger partial charge in [0.05, 0.1) is 11.4 Å². The second-order valence-electron chi connectivity index (χ2n) is 10.8. The molecule has 12 heteroatoms. The normalized spacial score (nSPS) is 11.2. The second kappa shape index (κ2) is 14.2. The van der Waals surface area contributed by atoms with Crippen molar-refractivity contribution in [3.8, 4) is 11.5 Å². The Morgan fingerprint density at radius 3 is 1.44 bits per heavy atom. The summed E-state index contributed by atoms with van der Waals surface area (Å²) in [5, 5.41) is 37.3. The number of nitrogens with zero attached hydrogens (tertiary/aromatic N) is 2. The Morgan fingerprint density at radius 2 is 1.07 bits per heavy atom.